The van der Waals surface area contributed by atoms with Crippen LogP contribution in [0, 0.1) is 0 Å². The molecule has 1 amide bonds. The molecule has 0 aliphatic carbocycles. The number of benzene rings is 2. The third kappa shape index (κ3) is 4.54. The first-order valence-corrected chi connectivity index (χ1v) is 9.86. The summed E-state index contributed by atoms with van der Waals surface area (Å²) in [4.78, 5) is 31.0. The fraction of sp³-hybridized carbons (Fsp3) is 0.0870. The summed E-state index contributed by atoms with van der Waals surface area (Å²) in [5.41, 5.74) is 0.638. The summed E-state index contributed by atoms with van der Waals surface area (Å²) in [5, 5.41) is 11.3. The minimum atomic E-state index is -4.88. The van der Waals surface area contributed by atoms with Gasteiger partial charge in [0.25, 0.3) is 11.7 Å². The van der Waals surface area contributed by atoms with Gasteiger partial charge < -0.3 is 9.84 Å². The van der Waals surface area contributed by atoms with Gasteiger partial charge in [0.2, 0.25) is 0 Å². The van der Waals surface area contributed by atoms with Crippen LogP contribution in [0.4, 0.5) is 18.9 Å². The van der Waals surface area contributed by atoms with Crippen LogP contribution in [-0.4, -0.2) is 28.1 Å². The summed E-state index contributed by atoms with van der Waals surface area (Å²) < 4.78 is 41.3. The van der Waals surface area contributed by atoms with Gasteiger partial charge in [-0.1, -0.05) is 23.7 Å². The van der Waals surface area contributed by atoms with Gasteiger partial charge >= 0.3 is 6.36 Å². The highest BCUT2D eigenvalue weighted by atomic mass is 35.5. The normalized spacial score (nSPS) is 17.9. The number of alkyl halides is 3. The molecule has 168 valence electrons. The van der Waals surface area contributed by atoms with Crippen LogP contribution in [0.15, 0.2) is 78.6 Å². The fourth-order valence-corrected chi connectivity index (χ4v) is 3.75. The van der Waals surface area contributed by atoms with Gasteiger partial charge in [-0.15, -0.1) is 13.2 Å². The second kappa shape index (κ2) is 8.59. The van der Waals surface area contributed by atoms with E-state index in [9.17, 15) is 27.9 Å². The van der Waals surface area contributed by atoms with Crippen molar-refractivity contribution in [1.29, 1.82) is 0 Å². The number of carbonyl (C=O) groups is 2. The van der Waals surface area contributed by atoms with Crippen LogP contribution in [0.5, 0.6) is 5.75 Å². The summed E-state index contributed by atoms with van der Waals surface area (Å²) >= 11 is 6.00. The van der Waals surface area contributed by atoms with E-state index in [1.165, 1.54) is 36.7 Å². The first kappa shape index (κ1) is 22.3. The molecular formula is C23H14ClF3N2O4. The van der Waals surface area contributed by atoms with E-state index < -0.39 is 35.6 Å². The Morgan fingerprint density at radius 3 is 2.30 bits per heavy atom. The number of hydrogen-bond acceptors (Lipinski definition) is 5. The van der Waals surface area contributed by atoms with Gasteiger partial charge in [0.15, 0.2) is 0 Å². The molecule has 1 aliphatic heterocycles. The lowest BCUT2D eigenvalue weighted by Gasteiger charge is -2.25. The zero-order valence-electron chi connectivity index (χ0n) is 16.6. The second-order valence-corrected chi connectivity index (χ2v) is 7.44. The van der Waals surface area contributed by atoms with Crippen LogP contribution in [0.1, 0.15) is 17.2 Å². The molecular weight excluding hydrogens is 461 g/mol. The molecule has 0 radical (unpaired) electrons. The van der Waals surface area contributed by atoms with Crippen LogP contribution in [0.2, 0.25) is 5.02 Å². The van der Waals surface area contributed by atoms with E-state index in [0.29, 0.717) is 10.6 Å². The van der Waals surface area contributed by atoms with Crippen molar-refractivity contribution in [2.75, 3.05) is 4.90 Å². The maximum Gasteiger partial charge on any atom is 0.573 e. The number of carbonyl (C=O) groups excluding carboxylic acids is 2. The predicted octanol–water partition coefficient (Wildman–Crippen LogP) is 5.26. The monoisotopic (exact) mass is 474 g/mol. The molecule has 1 aliphatic rings. The summed E-state index contributed by atoms with van der Waals surface area (Å²) in [7, 11) is 0. The number of aliphatic hydroxyl groups excluding tert-OH is 1. The van der Waals surface area contributed by atoms with Gasteiger partial charge in [0.05, 0.1) is 11.6 Å². The summed E-state index contributed by atoms with van der Waals surface area (Å²) in [6, 6.07) is 12.7. The molecule has 1 atom stereocenters. The van der Waals surface area contributed by atoms with Crippen molar-refractivity contribution in [2.45, 2.75) is 12.4 Å². The van der Waals surface area contributed by atoms with Gasteiger partial charge in [-0.3, -0.25) is 19.5 Å². The molecule has 0 spiro atoms. The van der Waals surface area contributed by atoms with Crippen LogP contribution in [0.3, 0.4) is 0 Å². The number of ether oxygens (including phenoxy) is 1. The first-order valence-electron chi connectivity index (χ1n) is 9.48. The molecule has 0 bridgehead atoms. The van der Waals surface area contributed by atoms with Crippen LogP contribution in [0.25, 0.3) is 5.76 Å². The lowest BCUT2D eigenvalue weighted by Crippen LogP contribution is -2.29. The molecule has 3 aromatic rings. The van der Waals surface area contributed by atoms with E-state index in [1.54, 1.807) is 24.3 Å². The summed E-state index contributed by atoms with van der Waals surface area (Å²) in [6.07, 6.45) is -1.97. The maximum atomic E-state index is 13.0. The van der Waals surface area contributed by atoms with Gasteiger partial charge in [-0.25, -0.2) is 0 Å². The highest BCUT2D eigenvalue weighted by Gasteiger charge is 2.47. The lowest BCUT2D eigenvalue weighted by atomic mass is 9.96. The van der Waals surface area contributed by atoms with Crippen molar-refractivity contribution in [2.24, 2.45) is 0 Å². The number of halogens is 4. The molecule has 1 saturated heterocycles. The van der Waals surface area contributed by atoms with E-state index in [1.807, 2.05) is 0 Å². The Bertz CT molecular complexity index is 1240. The van der Waals surface area contributed by atoms with Crippen LogP contribution >= 0.6 is 11.6 Å². The summed E-state index contributed by atoms with van der Waals surface area (Å²) in [6.45, 7) is 0. The van der Waals surface area contributed by atoms with E-state index in [4.69, 9.17) is 11.6 Å². The smallest absolute Gasteiger partial charge is 0.507 e. The molecule has 1 N–H and O–H groups in total. The number of aromatic nitrogens is 1. The third-order valence-corrected chi connectivity index (χ3v) is 5.15. The molecule has 1 aromatic heterocycles. The van der Waals surface area contributed by atoms with Gasteiger partial charge in [-0.2, -0.15) is 0 Å². The Hall–Kier alpha value is -3.85. The number of Topliss-reactive ketones (excluding diaryl/α,β-unsaturated/α-hetero) is 1. The molecule has 2 heterocycles. The van der Waals surface area contributed by atoms with Crippen molar-refractivity contribution in [1.82, 2.24) is 4.98 Å². The predicted molar refractivity (Wildman–Crippen MR) is 114 cm³/mol. The SMILES string of the molecule is O=C1C(=O)N(c2ccc(OC(F)(F)F)cc2)C(c2ccncc2)/C1=C(/O)c1cccc(Cl)c1. The fourth-order valence-electron chi connectivity index (χ4n) is 3.56. The number of pyridine rings is 1. The highest BCUT2D eigenvalue weighted by molar-refractivity contribution is 6.51. The number of nitrogens with zero attached hydrogens (tertiary/aromatic N) is 2. The zero-order chi connectivity index (χ0) is 23.8. The topological polar surface area (TPSA) is 79.7 Å². The number of ketones is 1. The quantitative estimate of drug-likeness (QED) is 0.317. The highest BCUT2D eigenvalue weighted by Crippen LogP contribution is 2.42. The molecule has 4 rings (SSSR count). The minimum absolute atomic E-state index is 0.138. The third-order valence-electron chi connectivity index (χ3n) is 4.91. The van der Waals surface area contributed by atoms with Gasteiger partial charge in [0.1, 0.15) is 11.5 Å². The van der Waals surface area contributed by atoms with Crippen molar-refractivity contribution >= 4 is 34.7 Å². The first-order chi connectivity index (χ1) is 15.7. The maximum absolute atomic E-state index is 13.0. The Labute approximate surface area is 190 Å². The molecule has 33 heavy (non-hydrogen) atoms. The average Bonchev–Trinajstić information content (AvgIpc) is 3.04. The summed E-state index contributed by atoms with van der Waals surface area (Å²) in [5.74, 6) is -2.82. The van der Waals surface area contributed by atoms with Gasteiger partial charge in [0, 0.05) is 28.7 Å². The zero-order valence-corrected chi connectivity index (χ0v) is 17.3. The number of rotatable bonds is 4. The number of amides is 1. The molecule has 1 fully saturated rings. The number of hydrogen-bond donors (Lipinski definition) is 1. The van der Waals surface area contributed by atoms with E-state index in [0.717, 1.165) is 17.0 Å². The Balaban J connectivity index is 1.84. The lowest BCUT2D eigenvalue weighted by molar-refractivity contribution is -0.274. The molecule has 6 nitrogen and oxygen atoms in total. The minimum Gasteiger partial charge on any atom is -0.507 e. The van der Waals surface area contributed by atoms with Crippen LogP contribution < -0.4 is 9.64 Å². The Kier molecular flexibility index (Phi) is 5.82. The standard InChI is InChI=1S/C23H14ClF3N2O4/c24-15-3-1-2-14(12-15)20(30)18-19(13-8-10-28-11-9-13)29(22(32)21(18)31)16-4-6-17(7-5-16)33-23(25,26)27/h1-12,19,30H/b20-18-. The van der Waals surface area contributed by atoms with Crippen molar-refractivity contribution in [3.63, 3.8) is 0 Å². The Morgan fingerprint density at radius 2 is 1.70 bits per heavy atom. The number of anilines is 1. The van der Waals surface area contributed by atoms with Gasteiger partial charge in [-0.05, 0) is 54.1 Å². The molecule has 1 unspecified atom stereocenters. The molecule has 2 aromatic carbocycles. The van der Waals surface area contributed by atoms with E-state index in [-0.39, 0.29) is 16.8 Å². The molecule has 0 saturated carbocycles. The van der Waals surface area contributed by atoms with E-state index >= 15 is 0 Å². The van der Waals surface area contributed by atoms with Crippen molar-refractivity contribution < 1.29 is 32.6 Å². The largest absolute Gasteiger partial charge is 0.573 e. The van der Waals surface area contributed by atoms with Crippen molar-refractivity contribution in [3.8, 4) is 5.75 Å². The second-order valence-electron chi connectivity index (χ2n) is 7.00. The number of aliphatic hydroxyl groups is 1. The molecule has 10 heteroatoms. The van der Waals surface area contributed by atoms with E-state index in [2.05, 4.69) is 9.72 Å². The van der Waals surface area contributed by atoms with Crippen molar-refractivity contribution in [3.05, 3.63) is 94.8 Å². The average molecular weight is 475 g/mol. The Morgan fingerprint density at radius 1 is 1.03 bits per heavy atom. The van der Waals surface area contributed by atoms with Crippen LogP contribution in [-0.2, 0) is 9.59 Å².